The summed E-state index contributed by atoms with van der Waals surface area (Å²) in [7, 11) is 2.89. The summed E-state index contributed by atoms with van der Waals surface area (Å²) in [5, 5.41) is 25.4. The van der Waals surface area contributed by atoms with Gasteiger partial charge in [-0.1, -0.05) is 0 Å². The predicted molar refractivity (Wildman–Crippen MR) is 128 cm³/mol. The molecule has 2 N–H and O–H groups in total. The van der Waals surface area contributed by atoms with Crippen LogP contribution in [0.3, 0.4) is 0 Å². The van der Waals surface area contributed by atoms with Crippen molar-refractivity contribution in [3.63, 3.8) is 0 Å². The molecule has 38 heavy (non-hydrogen) atoms. The summed E-state index contributed by atoms with van der Waals surface area (Å²) in [6.45, 7) is 0. The second-order valence-electron chi connectivity index (χ2n) is 9.20. The van der Waals surface area contributed by atoms with E-state index in [4.69, 9.17) is 5.73 Å². The Morgan fingerprint density at radius 1 is 0.816 bits per heavy atom. The molecule has 0 atom stereocenters. The van der Waals surface area contributed by atoms with Crippen LogP contribution in [0.1, 0.15) is 48.6 Å². The number of anilines is 1. The SMILES string of the molecule is Cn1nnn(-c2cc(N)cc(F)c2C2CC2)c1=O.Cn1nnn(-c2cc([N+](=O)[O-])cc(F)c2C2CC2)c1=O. The summed E-state index contributed by atoms with van der Waals surface area (Å²) in [5.74, 6) is -0.950. The number of benzene rings is 2. The lowest BCUT2D eigenvalue weighted by atomic mass is 10.1. The number of nitro benzene ring substituents is 1. The van der Waals surface area contributed by atoms with Gasteiger partial charge in [0.25, 0.3) is 5.69 Å². The number of tetrazole rings is 2. The Kier molecular flexibility index (Phi) is 6.08. The second-order valence-corrected chi connectivity index (χ2v) is 9.20. The van der Waals surface area contributed by atoms with Crippen LogP contribution in [0.5, 0.6) is 0 Å². The number of aromatic nitrogens is 8. The van der Waals surface area contributed by atoms with Gasteiger partial charge in [-0.2, -0.15) is 18.7 Å². The van der Waals surface area contributed by atoms with Gasteiger partial charge in [0.05, 0.1) is 22.4 Å². The van der Waals surface area contributed by atoms with E-state index < -0.39 is 27.8 Å². The van der Waals surface area contributed by atoms with Crippen molar-refractivity contribution in [2.24, 2.45) is 14.1 Å². The van der Waals surface area contributed by atoms with Crippen LogP contribution in [0.2, 0.25) is 0 Å². The Morgan fingerprint density at radius 2 is 1.26 bits per heavy atom. The van der Waals surface area contributed by atoms with Crippen molar-refractivity contribution >= 4 is 11.4 Å². The van der Waals surface area contributed by atoms with Gasteiger partial charge in [0.1, 0.15) is 11.6 Å². The second kappa shape index (κ2) is 9.28. The number of hydrogen-bond acceptors (Lipinski definition) is 9. The maximum atomic E-state index is 14.1. The molecule has 14 nitrogen and oxygen atoms in total. The average Bonchev–Trinajstić information content (AvgIpc) is 3.79. The number of rotatable bonds is 5. The third-order valence-corrected chi connectivity index (χ3v) is 6.30. The number of halogens is 2. The maximum absolute atomic E-state index is 14.1. The first-order valence-corrected chi connectivity index (χ1v) is 11.6. The molecule has 0 radical (unpaired) electrons. The predicted octanol–water partition coefficient (Wildman–Crippen LogP) is 1.46. The Hall–Kier alpha value is -4.76. The van der Waals surface area contributed by atoms with Crippen LogP contribution in [0.25, 0.3) is 11.4 Å². The third kappa shape index (κ3) is 4.55. The van der Waals surface area contributed by atoms with E-state index in [2.05, 4.69) is 20.9 Å². The highest BCUT2D eigenvalue weighted by Gasteiger charge is 2.33. The lowest BCUT2D eigenvalue weighted by Crippen LogP contribution is -2.23. The molecule has 2 aromatic heterocycles. The molecule has 2 fully saturated rings. The number of nitrogens with two attached hydrogens (primary N) is 1. The number of non-ortho nitro benzene ring substituents is 1. The standard InChI is InChI=1S/C11H10FN5O3.C11H12FN5O/c1-15-11(18)16(14-13-15)9-5-7(17(19)20)4-8(12)10(9)6-2-3-6;1-16-11(18)17(15-14-16)9-5-7(13)4-8(12)10(9)6-2-3-6/h4-6H,2-3H2,1H3;4-6H,2-3,13H2,1H3. The molecule has 0 amide bonds. The maximum Gasteiger partial charge on any atom is 0.368 e. The Labute approximate surface area is 212 Å². The molecular weight excluding hydrogens is 506 g/mol. The molecule has 6 rings (SSSR count). The average molecular weight is 528 g/mol. The van der Waals surface area contributed by atoms with E-state index >= 15 is 0 Å². The lowest BCUT2D eigenvalue weighted by Gasteiger charge is -2.09. The largest absolute Gasteiger partial charge is 0.399 e. The minimum atomic E-state index is -0.704. The molecule has 4 aromatic rings. The van der Waals surface area contributed by atoms with Crippen LogP contribution in [-0.2, 0) is 14.1 Å². The molecule has 198 valence electrons. The number of nitro groups is 1. The molecule has 2 saturated carbocycles. The van der Waals surface area contributed by atoms with E-state index in [-0.39, 0.29) is 29.0 Å². The zero-order valence-electron chi connectivity index (χ0n) is 20.3. The van der Waals surface area contributed by atoms with Crippen LogP contribution in [-0.4, -0.2) is 44.5 Å². The van der Waals surface area contributed by atoms with Crippen molar-refractivity contribution in [2.45, 2.75) is 37.5 Å². The summed E-state index contributed by atoms with van der Waals surface area (Å²) in [5.41, 5.74) is 5.78. The van der Waals surface area contributed by atoms with Crippen molar-refractivity contribution in [3.05, 3.63) is 78.1 Å². The lowest BCUT2D eigenvalue weighted by molar-refractivity contribution is -0.385. The summed E-state index contributed by atoms with van der Waals surface area (Å²) < 4.78 is 32.1. The molecule has 16 heteroatoms. The Bertz CT molecular complexity index is 1680. The van der Waals surface area contributed by atoms with Gasteiger partial charge < -0.3 is 5.73 Å². The monoisotopic (exact) mass is 528 g/mol. The first-order valence-electron chi connectivity index (χ1n) is 11.6. The molecule has 0 aliphatic heterocycles. The summed E-state index contributed by atoms with van der Waals surface area (Å²) in [4.78, 5) is 33.8. The minimum absolute atomic E-state index is 0.0280. The molecular formula is C22H22F2N10O4. The van der Waals surface area contributed by atoms with Gasteiger partial charge in [-0.3, -0.25) is 10.1 Å². The van der Waals surface area contributed by atoms with Crippen LogP contribution >= 0.6 is 0 Å². The van der Waals surface area contributed by atoms with Crippen molar-refractivity contribution in [1.29, 1.82) is 0 Å². The number of nitrogens with zero attached hydrogens (tertiary/aromatic N) is 9. The fourth-order valence-electron chi connectivity index (χ4n) is 4.15. The molecule has 0 saturated heterocycles. The van der Waals surface area contributed by atoms with Crippen LogP contribution in [0.15, 0.2) is 33.9 Å². The molecule has 2 aliphatic carbocycles. The van der Waals surface area contributed by atoms with E-state index in [1.54, 1.807) is 6.07 Å². The van der Waals surface area contributed by atoms with Gasteiger partial charge in [-0.15, -0.1) is 0 Å². The van der Waals surface area contributed by atoms with E-state index in [0.29, 0.717) is 16.8 Å². The highest BCUT2D eigenvalue weighted by atomic mass is 19.1. The van der Waals surface area contributed by atoms with Crippen molar-refractivity contribution in [1.82, 2.24) is 39.6 Å². The number of nitrogen functional groups attached to an aromatic ring is 1. The van der Waals surface area contributed by atoms with Crippen molar-refractivity contribution in [3.8, 4) is 11.4 Å². The van der Waals surface area contributed by atoms with Gasteiger partial charge >= 0.3 is 11.4 Å². The fraction of sp³-hybridized carbons (Fsp3) is 0.364. The molecule has 0 bridgehead atoms. The molecule has 2 aromatic carbocycles. The van der Waals surface area contributed by atoms with Gasteiger partial charge in [0.15, 0.2) is 0 Å². The van der Waals surface area contributed by atoms with Crippen LogP contribution < -0.4 is 17.1 Å². The number of aryl methyl sites for hydroxylation is 2. The van der Waals surface area contributed by atoms with Gasteiger partial charge in [0, 0.05) is 37.0 Å². The van der Waals surface area contributed by atoms with Crippen LogP contribution in [0, 0.1) is 21.7 Å². The Morgan fingerprint density at radius 3 is 1.66 bits per heavy atom. The third-order valence-electron chi connectivity index (χ3n) is 6.30. The van der Waals surface area contributed by atoms with E-state index in [9.17, 15) is 28.5 Å². The van der Waals surface area contributed by atoms with Crippen molar-refractivity contribution < 1.29 is 13.7 Å². The summed E-state index contributed by atoms with van der Waals surface area (Å²) >= 11 is 0. The van der Waals surface area contributed by atoms with Gasteiger partial charge in [-0.25, -0.2) is 18.4 Å². The molecule has 2 aliphatic rings. The highest BCUT2D eigenvalue weighted by molar-refractivity contribution is 5.55. The fourth-order valence-corrected chi connectivity index (χ4v) is 4.15. The molecule has 0 spiro atoms. The van der Waals surface area contributed by atoms with Gasteiger partial charge in [0.2, 0.25) is 0 Å². The highest BCUT2D eigenvalue weighted by Crippen LogP contribution is 2.45. The minimum Gasteiger partial charge on any atom is -0.399 e. The normalized spacial score (nSPS) is 14.7. The zero-order chi connectivity index (χ0) is 27.3. The molecule has 2 heterocycles. The van der Waals surface area contributed by atoms with Gasteiger partial charge in [-0.05, 0) is 70.5 Å². The zero-order valence-corrected chi connectivity index (χ0v) is 20.3. The van der Waals surface area contributed by atoms with Crippen LogP contribution in [0.4, 0.5) is 20.2 Å². The first-order chi connectivity index (χ1) is 18.1. The van der Waals surface area contributed by atoms with E-state index in [1.807, 2.05) is 0 Å². The van der Waals surface area contributed by atoms with Crippen molar-refractivity contribution in [2.75, 3.05) is 5.73 Å². The molecule has 0 unspecified atom stereocenters. The topological polar surface area (TPSA) is 175 Å². The first kappa shape index (κ1) is 24.9. The number of hydrogen-bond donors (Lipinski definition) is 1. The smallest absolute Gasteiger partial charge is 0.368 e. The van der Waals surface area contributed by atoms with E-state index in [0.717, 1.165) is 56.5 Å². The summed E-state index contributed by atoms with van der Waals surface area (Å²) in [6.07, 6.45) is 3.42. The Balaban J connectivity index is 0.000000156. The summed E-state index contributed by atoms with van der Waals surface area (Å²) in [6, 6.07) is 4.87. The quantitative estimate of drug-likeness (QED) is 0.228. The van der Waals surface area contributed by atoms with E-state index in [1.165, 1.54) is 20.2 Å².